The van der Waals surface area contributed by atoms with E-state index in [1.807, 2.05) is 24.3 Å². The lowest BCUT2D eigenvalue weighted by Crippen LogP contribution is -2.11. The van der Waals surface area contributed by atoms with E-state index in [0.29, 0.717) is 0 Å². The Morgan fingerprint density at radius 3 is 2.79 bits per heavy atom. The first-order valence-electron chi connectivity index (χ1n) is 4.64. The normalized spacial score (nSPS) is 12.8. The van der Waals surface area contributed by atoms with E-state index >= 15 is 0 Å². The van der Waals surface area contributed by atoms with Crippen molar-refractivity contribution < 1.29 is 5.11 Å². The molecule has 0 aliphatic carbocycles. The maximum absolute atomic E-state index is 9.72. The summed E-state index contributed by atoms with van der Waals surface area (Å²) in [6.07, 6.45) is 3.44. The van der Waals surface area contributed by atoms with Crippen molar-refractivity contribution in [3.8, 4) is 0 Å². The summed E-state index contributed by atoms with van der Waals surface area (Å²) in [7, 11) is 0. The number of benzene rings is 1. The Kier molecular flexibility index (Phi) is 5.60. The highest BCUT2D eigenvalue weighted by molar-refractivity contribution is 9.10. The minimum atomic E-state index is -0.221. The van der Waals surface area contributed by atoms with E-state index < -0.39 is 0 Å². The summed E-state index contributed by atoms with van der Waals surface area (Å²) in [6.45, 7) is 0. The van der Waals surface area contributed by atoms with Crippen LogP contribution in [0.4, 0.5) is 0 Å². The fourth-order valence-electron chi connectivity index (χ4n) is 1.27. The minimum absolute atomic E-state index is 0.221. The Balaban J connectivity index is 2.47. The van der Waals surface area contributed by atoms with E-state index in [1.165, 1.54) is 5.56 Å². The molecule has 0 radical (unpaired) electrons. The van der Waals surface area contributed by atoms with Gasteiger partial charge in [-0.2, -0.15) is 11.8 Å². The fraction of sp³-hybridized carbons (Fsp3) is 0.455. The van der Waals surface area contributed by atoms with E-state index in [2.05, 4.69) is 22.2 Å². The van der Waals surface area contributed by atoms with Crippen LogP contribution < -0.4 is 0 Å². The average molecular weight is 275 g/mol. The molecule has 0 amide bonds. The molecule has 1 aromatic carbocycles. The topological polar surface area (TPSA) is 20.2 Å². The molecule has 1 rings (SSSR count). The van der Waals surface area contributed by atoms with Crippen LogP contribution in [0.1, 0.15) is 12.0 Å². The van der Waals surface area contributed by atoms with E-state index in [-0.39, 0.29) is 6.10 Å². The van der Waals surface area contributed by atoms with Crippen molar-refractivity contribution >= 4 is 27.7 Å². The summed E-state index contributed by atoms with van der Waals surface area (Å²) in [5.41, 5.74) is 1.18. The lowest BCUT2D eigenvalue weighted by molar-refractivity contribution is 0.172. The second-order valence-corrected chi connectivity index (χ2v) is 5.07. The molecule has 1 nitrogen and oxygen atoms in total. The van der Waals surface area contributed by atoms with Crippen molar-refractivity contribution in [2.45, 2.75) is 18.9 Å². The van der Waals surface area contributed by atoms with Gasteiger partial charge in [0.1, 0.15) is 0 Å². The Bertz CT molecular complexity index is 278. The molecule has 14 heavy (non-hydrogen) atoms. The average Bonchev–Trinajstić information content (AvgIpc) is 2.18. The number of aliphatic hydroxyl groups excluding tert-OH is 1. The lowest BCUT2D eigenvalue weighted by Gasteiger charge is -2.10. The molecule has 3 heteroatoms. The van der Waals surface area contributed by atoms with Gasteiger partial charge in [-0.3, -0.25) is 0 Å². The number of halogens is 1. The Hall–Kier alpha value is 0.01000. The van der Waals surface area contributed by atoms with E-state index in [9.17, 15) is 5.11 Å². The molecule has 0 saturated heterocycles. The molecule has 0 bridgehead atoms. The smallest absolute Gasteiger partial charge is 0.0588 e. The van der Waals surface area contributed by atoms with Crippen molar-refractivity contribution in [2.75, 3.05) is 12.0 Å². The summed E-state index contributed by atoms with van der Waals surface area (Å²) in [6, 6.07) is 8.05. The minimum Gasteiger partial charge on any atom is -0.393 e. The first-order chi connectivity index (χ1) is 6.74. The van der Waals surface area contributed by atoms with Crippen LogP contribution in [-0.4, -0.2) is 23.2 Å². The standard InChI is InChI=1S/C11H15BrOS/c1-14-7-6-10(13)8-9-4-2-3-5-11(9)12/h2-5,10,13H,6-8H2,1H3. The predicted octanol–water partition coefficient (Wildman–Crippen LogP) is 3.11. The van der Waals surface area contributed by atoms with Crippen molar-refractivity contribution in [3.05, 3.63) is 34.3 Å². The van der Waals surface area contributed by atoms with E-state index in [1.54, 1.807) is 11.8 Å². The number of thioether (sulfide) groups is 1. The van der Waals surface area contributed by atoms with Crippen LogP contribution in [0.25, 0.3) is 0 Å². The molecule has 0 aromatic heterocycles. The summed E-state index contributed by atoms with van der Waals surface area (Å²) < 4.78 is 1.09. The summed E-state index contributed by atoms with van der Waals surface area (Å²) in [4.78, 5) is 0. The van der Waals surface area contributed by atoms with Crippen molar-refractivity contribution in [1.82, 2.24) is 0 Å². The zero-order chi connectivity index (χ0) is 10.4. The van der Waals surface area contributed by atoms with Gasteiger partial charge in [0.25, 0.3) is 0 Å². The monoisotopic (exact) mass is 274 g/mol. The van der Waals surface area contributed by atoms with Gasteiger partial charge >= 0.3 is 0 Å². The van der Waals surface area contributed by atoms with E-state index in [4.69, 9.17) is 0 Å². The molecule has 0 aliphatic rings. The quantitative estimate of drug-likeness (QED) is 0.891. The highest BCUT2D eigenvalue weighted by atomic mass is 79.9. The number of hydrogen-bond donors (Lipinski definition) is 1. The van der Waals surface area contributed by atoms with Gasteiger partial charge in [-0.1, -0.05) is 34.1 Å². The van der Waals surface area contributed by atoms with Gasteiger partial charge in [-0.25, -0.2) is 0 Å². The van der Waals surface area contributed by atoms with Crippen LogP contribution >= 0.6 is 27.7 Å². The van der Waals surface area contributed by atoms with Crippen LogP contribution in [0, 0.1) is 0 Å². The fourth-order valence-corrected chi connectivity index (χ4v) is 2.23. The van der Waals surface area contributed by atoms with Crippen molar-refractivity contribution in [3.63, 3.8) is 0 Å². The summed E-state index contributed by atoms with van der Waals surface area (Å²) >= 11 is 5.25. The zero-order valence-corrected chi connectivity index (χ0v) is 10.6. The molecule has 78 valence electrons. The predicted molar refractivity (Wildman–Crippen MR) is 66.9 cm³/mol. The van der Waals surface area contributed by atoms with Gasteiger partial charge in [0.2, 0.25) is 0 Å². The molecule has 0 fully saturated rings. The third kappa shape index (κ3) is 4.03. The van der Waals surface area contributed by atoms with Crippen molar-refractivity contribution in [2.24, 2.45) is 0 Å². The molecular weight excluding hydrogens is 260 g/mol. The van der Waals surface area contributed by atoms with Gasteiger partial charge in [-0.05, 0) is 36.5 Å². The Labute approximate surface area is 98.0 Å². The van der Waals surface area contributed by atoms with E-state index in [0.717, 1.165) is 23.1 Å². The summed E-state index contributed by atoms with van der Waals surface area (Å²) in [5, 5.41) is 9.72. The number of hydrogen-bond acceptors (Lipinski definition) is 2. The second-order valence-electron chi connectivity index (χ2n) is 3.23. The van der Waals surface area contributed by atoms with Gasteiger partial charge in [0.15, 0.2) is 0 Å². The van der Waals surface area contributed by atoms with Gasteiger partial charge in [0, 0.05) is 4.47 Å². The molecule has 1 aromatic rings. The molecule has 0 heterocycles. The van der Waals surface area contributed by atoms with Crippen molar-refractivity contribution in [1.29, 1.82) is 0 Å². The molecular formula is C11H15BrOS. The lowest BCUT2D eigenvalue weighted by atomic mass is 10.1. The van der Waals surface area contributed by atoms with Crippen LogP contribution in [0.3, 0.4) is 0 Å². The first-order valence-corrected chi connectivity index (χ1v) is 6.83. The van der Waals surface area contributed by atoms with Gasteiger partial charge in [-0.15, -0.1) is 0 Å². The summed E-state index contributed by atoms with van der Waals surface area (Å²) in [5.74, 6) is 1.02. The maximum atomic E-state index is 9.72. The molecule has 0 aliphatic heterocycles. The highest BCUT2D eigenvalue weighted by Crippen LogP contribution is 2.18. The zero-order valence-electron chi connectivity index (χ0n) is 8.24. The van der Waals surface area contributed by atoms with Gasteiger partial charge in [0.05, 0.1) is 6.10 Å². The number of aliphatic hydroxyl groups is 1. The highest BCUT2D eigenvalue weighted by Gasteiger charge is 2.06. The van der Waals surface area contributed by atoms with Crippen LogP contribution in [0.15, 0.2) is 28.7 Å². The molecule has 1 atom stereocenters. The molecule has 0 spiro atoms. The molecule has 1 N–H and O–H groups in total. The Morgan fingerprint density at radius 1 is 1.43 bits per heavy atom. The second kappa shape index (κ2) is 6.49. The SMILES string of the molecule is CSCCC(O)Cc1ccccc1Br. The first kappa shape index (κ1) is 12.1. The van der Waals surface area contributed by atoms with Crippen LogP contribution in [-0.2, 0) is 6.42 Å². The maximum Gasteiger partial charge on any atom is 0.0588 e. The Morgan fingerprint density at radius 2 is 2.14 bits per heavy atom. The largest absolute Gasteiger partial charge is 0.393 e. The van der Waals surface area contributed by atoms with Crippen LogP contribution in [0.2, 0.25) is 0 Å². The third-order valence-corrected chi connectivity index (χ3v) is 3.49. The third-order valence-electron chi connectivity index (χ3n) is 2.07. The van der Waals surface area contributed by atoms with Crippen LogP contribution in [0.5, 0.6) is 0 Å². The molecule has 0 saturated carbocycles. The molecule has 1 unspecified atom stereocenters. The van der Waals surface area contributed by atoms with Gasteiger partial charge < -0.3 is 5.11 Å². The number of rotatable bonds is 5.